The molecule has 7 heteroatoms. The lowest BCUT2D eigenvalue weighted by atomic mass is 10.1. The molecule has 1 fully saturated rings. The first-order valence-corrected chi connectivity index (χ1v) is 11.4. The highest BCUT2D eigenvalue weighted by Crippen LogP contribution is 2.39. The maximum absolute atomic E-state index is 5.48. The molecule has 4 heterocycles. The van der Waals surface area contributed by atoms with E-state index in [4.69, 9.17) is 14.7 Å². The Balaban J connectivity index is 1.74. The molecule has 0 radical (unpaired) electrons. The normalized spacial score (nSPS) is 16.9. The van der Waals surface area contributed by atoms with Gasteiger partial charge in [-0.25, -0.2) is 9.97 Å². The van der Waals surface area contributed by atoms with E-state index in [0.717, 1.165) is 54.7 Å². The highest BCUT2D eigenvalue weighted by molar-refractivity contribution is 7.18. The fraction of sp³-hybridized carbons (Fsp3) is 0.500. The van der Waals surface area contributed by atoms with Gasteiger partial charge in [0.1, 0.15) is 30.3 Å². The summed E-state index contributed by atoms with van der Waals surface area (Å²) in [6.07, 6.45) is 0. The third-order valence-corrected chi connectivity index (χ3v) is 7.01. The number of morpholine rings is 1. The molecular formula is C20H27N4OS2+. The Morgan fingerprint density at radius 2 is 2.00 bits per heavy atom. The van der Waals surface area contributed by atoms with Crippen molar-refractivity contribution in [1.82, 2.24) is 9.97 Å². The van der Waals surface area contributed by atoms with Gasteiger partial charge in [-0.05, 0) is 24.3 Å². The van der Waals surface area contributed by atoms with Crippen LogP contribution in [0, 0.1) is 5.92 Å². The van der Waals surface area contributed by atoms with Gasteiger partial charge in [0.2, 0.25) is 0 Å². The van der Waals surface area contributed by atoms with E-state index in [2.05, 4.69) is 49.0 Å². The van der Waals surface area contributed by atoms with E-state index in [1.54, 1.807) is 22.7 Å². The first-order valence-electron chi connectivity index (χ1n) is 9.61. The number of hydrogen-bond acceptors (Lipinski definition) is 6. The van der Waals surface area contributed by atoms with Gasteiger partial charge >= 0.3 is 0 Å². The summed E-state index contributed by atoms with van der Waals surface area (Å²) in [7, 11) is 0. The van der Waals surface area contributed by atoms with E-state index in [1.165, 1.54) is 15.3 Å². The number of aromatic nitrogens is 2. The van der Waals surface area contributed by atoms with Crippen LogP contribution in [0.15, 0.2) is 22.9 Å². The summed E-state index contributed by atoms with van der Waals surface area (Å²) in [6.45, 7) is 11.3. The van der Waals surface area contributed by atoms with Crippen molar-refractivity contribution in [3.63, 3.8) is 0 Å². The molecule has 4 rings (SSSR count). The number of anilines is 1. The van der Waals surface area contributed by atoms with E-state index >= 15 is 0 Å². The highest BCUT2D eigenvalue weighted by atomic mass is 32.1. The largest absolute Gasteiger partial charge is 0.370 e. The van der Waals surface area contributed by atoms with E-state index in [1.807, 2.05) is 0 Å². The number of fused-ring (bicyclic) bond motifs is 1. The number of ether oxygens (including phenoxy) is 1. The third kappa shape index (κ3) is 4.16. The lowest BCUT2D eigenvalue weighted by molar-refractivity contribution is -0.922. The quantitative estimate of drug-likeness (QED) is 0.663. The molecule has 144 valence electrons. The number of hydrogen-bond donors (Lipinski definition) is 2. The SMILES string of the molecule is CC(C)[C@H](C)Nc1nc(C[NH+]2CCOCC2)nc2scc(-c3cccs3)c12. The summed E-state index contributed by atoms with van der Waals surface area (Å²) in [5.41, 5.74) is 1.24. The molecule has 3 aromatic rings. The molecule has 5 nitrogen and oxygen atoms in total. The molecule has 3 aromatic heterocycles. The van der Waals surface area contributed by atoms with E-state index in [0.29, 0.717) is 12.0 Å². The van der Waals surface area contributed by atoms with Crippen LogP contribution in [0.4, 0.5) is 5.82 Å². The van der Waals surface area contributed by atoms with Crippen molar-refractivity contribution in [2.75, 3.05) is 31.6 Å². The monoisotopic (exact) mass is 403 g/mol. The van der Waals surface area contributed by atoms with Crippen molar-refractivity contribution in [1.29, 1.82) is 0 Å². The molecule has 1 atom stereocenters. The smallest absolute Gasteiger partial charge is 0.187 e. The topological polar surface area (TPSA) is 51.5 Å². The standard InChI is InChI=1S/C20H26N4OS2/c1-13(2)14(3)21-19-18-15(16-5-4-10-26-16)12-27-20(18)23-17(22-19)11-24-6-8-25-9-7-24/h4-5,10,12-14H,6-9,11H2,1-3H3,(H,21,22,23)/p+1/t14-/m0/s1. The Morgan fingerprint density at radius 3 is 2.70 bits per heavy atom. The molecule has 1 aliphatic rings. The van der Waals surface area contributed by atoms with Crippen molar-refractivity contribution < 1.29 is 9.64 Å². The molecule has 0 aromatic carbocycles. The lowest BCUT2D eigenvalue weighted by Crippen LogP contribution is -3.12. The number of nitrogens with zero attached hydrogens (tertiary/aromatic N) is 2. The van der Waals surface area contributed by atoms with Gasteiger partial charge in [0, 0.05) is 21.9 Å². The van der Waals surface area contributed by atoms with Crippen LogP contribution in [0.3, 0.4) is 0 Å². The van der Waals surface area contributed by atoms with Gasteiger partial charge in [0.05, 0.1) is 18.6 Å². The van der Waals surface area contributed by atoms with Crippen LogP contribution in [0.1, 0.15) is 26.6 Å². The number of thiophene rings is 2. The molecule has 0 unspecified atom stereocenters. The molecule has 27 heavy (non-hydrogen) atoms. The predicted octanol–water partition coefficient (Wildman–Crippen LogP) is 3.29. The molecule has 0 saturated carbocycles. The third-order valence-electron chi connectivity index (χ3n) is 5.24. The summed E-state index contributed by atoms with van der Waals surface area (Å²) in [5.74, 6) is 2.44. The van der Waals surface area contributed by atoms with Crippen LogP contribution >= 0.6 is 22.7 Å². The molecule has 0 bridgehead atoms. The highest BCUT2D eigenvalue weighted by Gasteiger charge is 2.21. The Kier molecular flexibility index (Phi) is 5.73. The number of rotatable bonds is 6. The second-order valence-electron chi connectivity index (χ2n) is 7.51. The van der Waals surface area contributed by atoms with Crippen LogP contribution < -0.4 is 10.2 Å². The zero-order valence-electron chi connectivity index (χ0n) is 16.1. The first kappa shape index (κ1) is 18.8. The van der Waals surface area contributed by atoms with E-state index < -0.39 is 0 Å². The van der Waals surface area contributed by atoms with Gasteiger partial charge in [0.15, 0.2) is 5.82 Å². The average Bonchev–Trinajstić information content (AvgIpc) is 3.31. The molecule has 0 amide bonds. The second-order valence-corrected chi connectivity index (χ2v) is 9.32. The minimum absolute atomic E-state index is 0.350. The zero-order chi connectivity index (χ0) is 18.8. The Labute approximate surface area is 168 Å². The van der Waals surface area contributed by atoms with Crippen molar-refractivity contribution in [2.24, 2.45) is 5.92 Å². The molecular weight excluding hydrogens is 376 g/mol. The van der Waals surface area contributed by atoms with Gasteiger partial charge in [-0.1, -0.05) is 19.9 Å². The van der Waals surface area contributed by atoms with Gasteiger partial charge in [-0.15, -0.1) is 22.7 Å². The van der Waals surface area contributed by atoms with Crippen LogP contribution in [0.25, 0.3) is 20.7 Å². The van der Waals surface area contributed by atoms with Crippen LogP contribution in [0.5, 0.6) is 0 Å². The number of quaternary nitrogens is 1. The fourth-order valence-electron chi connectivity index (χ4n) is 3.23. The minimum Gasteiger partial charge on any atom is -0.370 e. The predicted molar refractivity (Wildman–Crippen MR) is 114 cm³/mol. The number of nitrogens with one attached hydrogen (secondary N) is 2. The summed E-state index contributed by atoms with van der Waals surface area (Å²) >= 11 is 3.49. The maximum Gasteiger partial charge on any atom is 0.187 e. The van der Waals surface area contributed by atoms with Gasteiger partial charge in [-0.3, -0.25) is 0 Å². The first-order chi connectivity index (χ1) is 13.1. The van der Waals surface area contributed by atoms with E-state index in [-0.39, 0.29) is 0 Å². The van der Waals surface area contributed by atoms with Crippen molar-refractivity contribution in [3.05, 3.63) is 28.7 Å². The van der Waals surface area contributed by atoms with Crippen molar-refractivity contribution >= 4 is 38.7 Å². The van der Waals surface area contributed by atoms with Gasteiger partial charge < -0.3 is 15.0 Å². The average molecular weight is 404 g/mol. The molecule has 1 saturated heterocycles. The summed E-state index contributed by atoms with van der Waals surface area (Å²) < 4.78 is 5.48. The Morgan fingerprint density at radius 1 is 1.19 bits per heavy atom. The van der Waals surface area contributed by atoms with Crippen LogP contribution in [0.2, 0.25) is 0 Å². The Hall–Kier alpha value is -1.54. The van der Waals surface area contributed by atoms with Gasteiger partial charge in [-0.2, -0.15) is 0 Å². The van der Waals surface area contributed by atoms with Crippen molar-refractivity contribution in [2.45, 2.75) is 33.4 Å². The maximum atomic E-state index is 5.48. The molecule has 0 spiro atoms. The molecule has 2 N–H and O–H groups in total. The molecule has 1 aliphatic heterocycles. The summed E-state index contributed by atoms with van der Waals surface area (Å²) in [4.78, 5) is 13.8. The Bertz CT molecular complexity index is 885. The summed E-state index contributed by atoms with van der Waals surface area (Å²) in [5, 5.41) is 9.19. The second kappa shape index (κ2) is 8.22. The fourth-order valence-corrected chi connectivity index (χ4v) is 5.01. The van der Waals surface area contributed by atoms with Gasteiger partial charge in [0.25, 0.3) is 0 Å². The minimum atomic E-state index is 0.350. The summed E-state index contributed by atoms with van der Waals surface area (Å²) in [6, 6.07) is 4.63. The van der Waals surface area contributed by atoms with Crippen molar-refractivity contribution in [3.8, 4) is 10.4 Å². The van der Waals surface area contributed by atoms with E-state index in [9.17, 15) is 0 Å². The lowest BCUT2D eigenvalue weighted by Gasteiger charge is -2.24. The van der Waals surface area contributed by atoms with Crippen LogP contribution in [-0.4, -0.2) is 42.3 Å². The van der Waals surface area contributed by atoms with Crippen LogP contribution in [-0.2, 0) is 11.3 Å². The molecule has 0 aliphatic carbocycles. The zero-order valence-corrected chi connectivity index (χ0v) is 17.8.